The summed E-state index contributed by atoms with van der Waals surface area (Å²) in [6.07, 6.45) is 3.06. The molecule has 66 valence electrons. The Bertz CT molecular complexity index is 269. The molecule has 0 atom stereocenters. The quantitative estimate of drug-likeness (QED) is 0.639. The second-order valence-electron chi connectivity index (χ2n) is 2.33. The Morgan fingerprint density at radius 2 is 2.42 bits per heavy atom. The van der Waals surface area contributed by atoms with Crippen LogP contribution in [-0.2, 0) is 17.8 Å². The minimum absolute atomic E-state index is 0.0109. The van der Waals surface area contributed by atoms with Gasteiger partial charge in [-0.15, -0.1) is 0 Å². The Morgan fingerprint density at radius 3 is 3.00 bits per heavy atom. The maximum Gasteiger partial charge on any atom is 0.311 e. The van der Waals surface area contributed by atoms with Gasteiger partial charge in [-0.3, -0.25) is 4.79 Å². The first-order valence-electron chi connectivity index (χ1n) is 3.56. The lowest BCUT2D eigenvalue weighted by Gasteiger charge is -2.02. The van der Waals surface area contributed by atoms with Crippen LogP contribution in [0, 0.1) is 0 Å². The molecular formula is C7H10N2O3. The summed E-state index contributed by atoms with van der Waals surface area (Å²) < 4.78 is 1.62. The van der Waals surface area contributed by atoms with E-state index in [2.05, 4.69) is 4.98 Å². The molecule has 0 radical (unpaired) electrons. The van der Waals surface area contributed by atoms with E-state index >= 15 is 0 Å². The Balaban J connectivity index is 2.69. The highest BCUT2D eigenvalue weighted by Crippen LogP contribution is 1.97. The van der Waals surface area contributed by atoms with Crippen LogP contribution >= 0.6 is 0 Å². The van der Waals surface area contributed by atoms with Crippen molar-refractivity contribution in [1.29, 1.82) is 0 Å². The second kappa shape index (κ2) is 3.87. The fraction of sp³-hybridized carbons (Fsp3) is 0.429. The summed E-state index contributed by atoms with van der Waals surface area (Å²) in [6.45, 7) is 0.381. The van der Waals surface area contributed by atoms with Gasteiger partial charge in [0.05, 0.1) is 6.61 Å². The monoisotopic (exact) mass is 170 g/mol. The van der Waals surface area contributed by atoms with E-state index in [4.69, 9.17) is 10.2 Å². The summed E-state index contributed by atoms with van der Waals surface area (Å²) in [5.41, 5.74) is 0. The van der Waals surface area contributed by atoms with E-state index in [1.807, 2.05) is 0 Å². The molecular weight excluding hydrogens is 160 g/mol. The van der Waals surface area contributed by atoms with Gasteiger partial charge in [-0.1, -0.05) is 0 Å². The van der Waals surface area contributed by atoms with Gasteiger partial charge in [-0.25, -0.2) is 4.98 Å². The molecule has 0 unspecified atom stereocenters. The number of imidazole rings is 1. The number of carbonyl (C=O) groups is 1. The van der Waals surface area contributed by atoms with E-state index in [0.717, 1.165) is 0 Å². The van der Waals surface area contributed by atoms with E-state index in [9.17, 15) is 4.79 Å². The molecule has 2 N–H and O–H groups in total. The molecule has 1 aromatic rings. The number of rotatable bonds is 4. The highest BCUT2D eigenvalue weighted by atomic mass is 16.4. The van der Waals surface area contributed by atoms with Crippen LogP contribution in [0.3, 0.4) is 0 Å². The van der Waals surface area contributed by atoms with Gasteiger partial charge in [0, 0.05) is 18.9 Å². The minimum Gasteiger partial charge on any atom is -0.481 e. The van der Waals surface area contributed by atoms with Crippen molar-refractivity contribution in [3.05, 3.63) is 18.2 Å². The normalized spacial score (nSPS) is 10.1. The fourth-order valence-corrected chi connectivity index (χ4v) is 0.954. The molecule has 1 heterocycles. The van der Waals surface area contributed by atoms with Crippen molar-refractivity contribution >= 4 is 5.97 Å². The molecule has 12 heavy (non-hydrogen) atoms. The molecule has 0 aromatic carbocycles. The number of hydrogen-bond donors (Lipinski definition) is 2. The SMILES string of the molecule is O=C(O)Cc1nccn1CCO. The van der Waals surface area contributed by atoms with Crippen LogP contribution in [0.2, 0.25) is 0 Å². The van der Waals surface area contributed by atoms with Crippen LogP contribution in [0.5, 0.6) is 0 Å². The first kappa shape index (κ1) is 8.73. The Hall–Kier alpha value is -1.36. The van der Waals surface area contributed by atoms with Gasteiger partial charge in [0.25, 0.3) is 0 Å². The Morgan fingerprint density at radius 1 is 1.67 bits per heavy atom. The summed E-state index contributed by atoms with van der Waals surface area (Å²) in [5, 5.41) is 17.1. The molecule has 0 aliphatic rings. The largest absolute Gasteiger partial charge is 0.481 e. The number of aliphatic carboxylic acids is 1. The van der Waals surface area contributed by atoms with Crippen molar-refractivity contribution in [1.82, 2.24) is 9.55 Å². The molecule has 0 fully saturated rings. The fourth-order valence-electron chi connectivity index (χ4n) is 0.954. The molecule has 1 aromatic heterocycles. The molecule has 1 rings (SSSR count). The molecule has 0 bridgehead atoms. The van der Waals surface area contributed by atoms with Gasteiger partial charge in [0.15, 0.2) is 0 Å². The van der Waals surface area contributed by atoms with Gasteiger partial charge in [-0.2, -0.15) is 0 Å². The van der Waals surface area contributed by atoms with Gasteiger partial charge < -0.3 is 14.8 Å². The molecule has 5 heteroatoms. The maximum atomic E-state index is 10.3. The van der Waals surface area contributed by atoms with Gasteiger partial charge >= 0.3 is 5.97 Å². The zero-order valence-electron chi connectivity index (χ0n) is 6.47. The van der Waals surface area contributed by atoms with E-state index in [-0.39, 0.29) is 13.0 Å². The van der Waals surface area contributed by atoms with Crippen molar-refractivity contribution in [2.75, 3.05) is 6.61 Å². The summed E-state index contributed by atoms with van der Waals surface area (Å²) in [5.74, 6) is -0.447. The number of carboxylic acids is 1. The molecule has 0 saturated carbocycles. The van der Waals surface area contributed by atoms with Crippen molar-refractivity contribution in [3.8, 4) is 0 Å². The van der Waals surface area contributed by atoms with Crippen molar-refractivity contribution in [2.24, 2.45) is 0 Å². The molecule has 0 aliphatic heterocycles. The first-order chi connectivity index (χ1) is 5.74. The minimum atomic E-state index is -0.916. The Labute approximate surface area is 69.3 Å². The molecule has 0 amide bonds. The smallest absolute Gasteiger partial charge is 0.311 e. The summed E-state index contributed by atoms with van der Waals surface area (Å²) >= 11 is 0. The van der Waals surface area contributed by atoms with Crippen LogP contribution in [0.25, 0.3) is 0 Å². The summed E-state index contributed by atoms with van der Waals surface area (Å²) in [4.78, 5) is 14.2. The number of aliphatic hydroxyl groups is 1. The van der Waals surface area contributed by atoms with Crippen molar-refractivity contribution in [2.45, 2.75) is 13.0 Å². The lowest BCUT2D eigenvalue weighted by atomic mass is 10.4. The molecule has 0 saturated heterocycles. The molecule has 0 aliphatic carbocycles. The third-order valence-electron chi connectivity index (χ3n) is 1.45. The van der Waals surface area contributed by atoms with Gasteiger partial charge in [0.2, 0.25) is 0 Å². The number of aliphatic hydroxyl groups excluding tert-OH is 1. The molecule has 0 spiro atoms. The molecule has 5 nitrogen and oxygen atoms in total. The number of hydrogen-bond acceptors (Lipinski definition) is 3. The third-order valence-corrected chi connectivity index (χ3v) is 1.45. The zero-order chi connectivity index (χ0) is 8.97. The highest BCUT2D eigenvalue weighted by Gasteiger charge is 2.06. The predicted molar refractivity (Wildman–Crippen MR) is 40.7 cm³/mol. The second-order valence-corrected chi connectivity index (χ2v) is 2.33. The summed E-state index contributed by atoms with van der Waals surface area (Å²) in [7, 11) is 0. The van der Waals surface area contributed by atoms with Crippen LogP contribution < -0.4 is 0 Å². The summed E-state index contributed by atoms with van der Waals surface area (Å²) in [6, 6.07) is 0. The van der Waals surface area contributed by atoms with E-state index in [0.29, 0.717) is 12.4 Å². The highest BCUT2D eigenvalue weighted by molar-refractivity contribution is 5.69. The standard InChI is InChI=1S/C7H10N2O3/c10-4-3-9-2-1-8-6(9)5-7(11)12/h1-2,10H,3-5H2,(H,11,12). The van der Waals surface area contributed by atoms with E-state index in [1.54, 1.807) is 10.8 Å². The maximum absolute atomic E-state index is 10.3. The predicted octanol–water partition coefficient (Wildman–Crippen LogP) is -0.497. The third kappa shape index (κ3) is 2.06. The lowest BCUT2D eigenvalue weighted by Crippen LogP contribution is -2.10. The topological polar surface area (TPSA) is 75.3 Å². The van der Waals surface area contributed by atoms with Gasteiger partial charge in [0.1, 0.15) is 12.2 Å². The van der Waals surface area contributed by atoms with E-state index < -0.39 is 5.97 Å². The zero-order valence-corrected chi connectivity index (χ0v) is 6.47. The van der Waals surface area contributed by atoms with Crippen molar-refractivity contribution < 1.29 is 15.0 Å². The first-order valence-corrected chi connectivity index (χ1v) is 3.56. The number of nitrogens with zero attached hydrogens (tertiary/aromatic N) is 2. The average molecular weight is 170 g/mol. The van der Waals surface area contributed by atoms with Crippen LogP contribution in [0.4, 0.5) is 0 Å². The number of carboxylic acid groups (broad SMARTS) is 1. The Kier molecular flexibility index (Phi) is 2.82. The van der Waals surface area contributed by atoms with Crippen LogP contribution in [0.1, 0.15) is 5.82 Å². The average Bonchev–Trinajstić information content (AvgIpc) is 2.37. The van der Waals surface area contributed by atoms with Crippen LogP contribution in [-0.4, -0.2) is 32.3 Å². The van der Waals surface area contributed by atoms with Gasteiger partial charge in [-0.05, 0) is 0 Å². The lowest BCUT2D eigenvalue weighted by molar-refractivity contribution is -0.136. The van der Waals surface area contributed by atoms with Crippen LogP contribution in [0.15, 0.2) is 12.4 Å². The van der Waals surface area contributed by atoms with Crippen molar-refractivity contribution in [3.63, 3.8) is 0 Å². The number of aromatic nitrogens is 2. The van der Waals surface area contributed by atoms with E-state index in [1.165, 1.54) is 6.20 Å².